The first-order valence-corrected chi connectivity index (χ1v) is 6.44. The van der Waals surface area contributed by atoms with E-state index in [9.17, 15) is 4.79 Å². The minimum absolute atomic E-state index is 0.292. The lowest BCUT2D eigenvalue weighted by Crippen LogP contribution is -2.17. The Kier molecular flexibility index (Phi) is 3.19. The maximum Gasteiger partial charge on any atom is 0.249 e. The molecule has 0 bridgehead atoms. The van der Waals surface area contributed by atoms with Crippen LogP contribution in [0, 0.1) is 0 Å². The maximum absolute atomic E-state index is 11.5. The number of nitrogens with zero attached hydrogens (tertiary/aromatic N) is 4. The van der Waals surface area contributed by atoms with Gasteiger partial charge in [-0.1, -0.05) is 17.7 Å². The van der Waals surface area contributed by atoms with Crippen molar-refractivity contribution < 1.29 is 4.79 Å². The van der Waals surface area contributed by atoms with Crippen LogP contribution < -0.4 is 11.5 Å². The fourth-order valence-electron chi connectivity index (χ4n) is 2.14. The van der Waals surface area contributed by atoms with Gasteiger partial charge in [0.15, 0.2) is 11.6 Å². The molecule has 0 fully saturated rings. The third kappa shape index (κ3) is 2.27. The third-order valence-corrected chi connectivity index (χ3v) is 3.50. The first kappa shape index (κ1) is 13.3. The van der Waals surface area contributed by atoms with Crippen molar-refractivity contribution in [2.24, 2.45) is 5.73 Å². The smallest absolute Gasteiger partial charge is 0.249 e. The van der Waals surface area contributed by atoms with E-state index in [0.29, 0.717) is 40.0 Å². The minimum Gasteiger partial charge on any atom is -0.382 e. The van der Waals surface area contributed by atoms with Crippen LogP contribution in [0.4, 0.5) is 5.82 Å². The molecule has 21 heavy (non-hydrogen) atoms. The van der Waals surface area contributed by atoms with Crippen molar-refractivity contribution in [1.29, 1.82) is 0 Å². The SMILES string of the molecule is NC(=O)c1cccc(Cl)c1Cn1cnc(N)c2ncnc1-2. The number of carbonyl (C=O) groups excluding carboxylic acids is 1. The Bertz CT molecular complexity index is 799. The number of anilines is 1. The number of nitrogens with two attached hydrogens (primary N) is 2. The highest BCUT2D eigenvalue weighted by Gasteiger charge is 2.18. The van der Waals surface area contributed by atoms with E-state index in [0.717, 1.165) is 0 Å². The zero-order chi connectivity index (χ0) is 15.0. The number of halogens is 1. The van der Waals surface area contributed by atoms with E-state index < -0.39 is 5.91 Å². The Balaban J connectivity index is 2.10. The Labute approximate surface area is 124 Å². The van der Waals surface area contributed by atoms with E-state index in [2.05, 4.69) is 15.0 Å². The number of primary amides is 1. The average molecular weight is 303 g/mol. The Morgan fingerprint density at radius 3 is 2.86 bits per heavy atom. The Morgan fingerprint density at radius 1 is 1.29 bits per heavy atom. The van der Waals surface area contributed by atoms with Crippen LogP contribution in [0.15, 0.2) is 30.9 Å². The van der Waals surface area contributed by atoms with Crippen LogP contribution in [0.1, 0.15) is 15.9 Å². The largest absolute Gasteiger partial charge is 0.382 e. The molecule has 0 saturated carbocycles. The van der Waals surface area contributed by atoms with Crippen LogP contribution in [0.5, 0.6) is 0 Å². The molecule has 0 aliphatic carbocycles. The molecule has 2 heterocycles. The number of rotatable bonds is 3. The highest BCUT2D eigenvalue weighted by atomic mass is 35.5. The van der Waals surface area contributed by atoms with Crippen LogP contribution >= 0.6 is 11.6 Å². The molecule has 7 nitrogen and oxygen atoms in total. The van der Waals surface area contributed by atoms with E-state index >= 15 is 0 Å². The molecule has 3 rings (SSSR count). The molecule has 0 spiro atoms. The lowest BCUT2D eigenvalue weighted by atomic mass is 10.1. The molecular formula is C13H11ClN6O. The van der Waals surface area contributed by atoms with Gasteiger partial charge < -0.3 is 16.0 Å². The number of carbonyl (C=O) groups is 1. The number of aromatic nitrogens is 4. The summed E-state index contributed by atoms with van der Waals surface area (Å²) in [6.07, 6.45) is 2.93. The zero-order valence-electron chi connectivity index (χ0n) is 10.8. The van der Waals surface area contributed by atoms with Crippen molar-refractivity contribution in [3.05, 3.63) is 47.0 Å². The van der Waals surface area contributed by atoms with Gasteiger partial charge in [0.2, 0.25) is 5.91 Å². The van der Waals surface area contributed by atoms with Gasteiger partial charge in [0, 0.05) is 16.1 Å². The molecule has 106 valence electrons. The molecular weight excluding hydrogens is 292 g/mol. The van der Waals surface area contributed by atoms with E-state index in [1.54, 1.807) is 22.8 Å². The summed E-state index contributed by atoms with van der Waals surface area (Å²) in [7, 11) is 0. The molecule has 1 amide bonds. The summed E-state index contributed by atoms with van der Waals surface area (Å²) in [5.74, 6) is 0.326. The predicted octanol–water partition coefficient (Wildman–Crippen LogP) is 1.16. The lowest BCUT2D eigenvalue weighted by Gasteiger charge is -2.14. The maximum atomic E-state index is 11.5. The summed E-state index contributed by atoms with van der Waals surface area (Å²) >= 11 is 6.18. The standard InChI is InChI=1S/C13H11ClN6O/c14-9-3-1-2-7(12(16)21)8(9)4-20-6-19-11(15)10-13(20)18-5-17-10/h1-3,5-6H,4,15H2,(H2,16,21). The van der Waals surface area contributed by atoms with Crippen LogP contribution in [0.2, 0.25) is 5.02 Å². The Morgan fingerprint density at radius 2 is 2.10 bits per heavy atom. The average Bonchev–Trinajstić information content (AvgIpc) is 2.94. The number of amides is 1. The lowest BCUT2D eigenvalue weighted by molar-refractivity contribution is 0.0999. The van der Waals surface area contributed by atoms with Crippen LogP contribution in [0.25, 0.3) is 11.5 Å². The van der Waals surface area contributed by atoms with E-state index in [4.69, 9.17) is 23.1 Å². The monoisotopic (exact) mass is 302 g/mol. The summed E-state index contributed by atoms with van der Waals surface area (Å²) in [5, 5.41) is 0.447. The fraction of sp³-hybridized carbons (Fsp3) is 0.0769. The summed E-state index contributed by atoms with van der Waals surface area (Å²) in [6, 6.07) is 5.00. The molecule has 0 atom stereocenters. The molecule has 1 aromatic rings. The summed E-state index contributed by atoms with van der Waals surface area (Å²) in [5.41, 5.74) is 12.6. The van der Waals surface area contributed by atoms with Gasteiger partial charge in [-0.05, 0) is 12.1 Å². The normalized spacial score (nSPS) is 10.9. The molecule has 2 aliphatic rings. The molecule has 8 heteroatoms. The third-order valence-electron chi connectivity index (χ3n) is 3.14. The van der Waals surface area contributed by atoms with Crippen molar-refractivity contribution >= 4 is 23.3 Å². The molecule has 0 radical (unpaired) electrons. The van der Waals surface area contributed by atoms with Gasteiger partial charge in [0.25, 0.3) is 0 Å². The molecule has 0 saturated heterocycles. The second-order valence-electron chi connectivity index (χ2n) is 4.43. The number of imidazole rings is 1. The quantitative estimate of drug-likeness (QED) is 0.754. The van der Waals surface area contributed by atoms with Gasteiger partial charge in [-0.3, -0.25) is 4.79 Å². The second-order valence-corrected chi connectivity index (χ2v) is 4.84. The van der Waals surface area contributed by atoms with Gasteiger partial charge >= 0.3 is 0 Å². The highest BCUT2D eigenvalue weighted by molar-refractivity contribution is 6.31. The van der Waals surface area contributed by atoms with Crippen molar-refractivity contribution in [1.82, 2.24) is 19.5 Å². The van der Waals surface area contributed by atoms with Gasteiger partial charge in [-0.25, -0.2) is 15.0 Å². The number of nitrogen functional groups attached to an aromatic ring is 1. The Hall–Kier alpha value is -2.67. The molecule has 0 unspecified atom stereocenters. The number of fused-ring (bicyclic) bond motifs is 1. The minimum atomic E-state index is -0.540. The van der Waals surface area contributed by atoms with Gasteiger partial charge in [0.05, 0.1) is 12.9 Å². The molecule has 1 aromatic carbocycles. The zero-order valence-corrected chi connectivity index (χ0v) is 11.6. The molecule has 4 N–H and O–H groups in total. The van der Waals surface area contributed by atoms with Crippen molar-refractivity contribution in [3.63, 3.8) is 0 Å². The van der Waals surface area contributed by atoms with Gasteiger partial charge in [0.1, 0.15) is 12.0 Å². The van der Waals surface area contributed by atoms with E-state index in [1.807, 2.05) is 0 Å². The van der Waals surface area contributed by atoms with E-state index in [1.165, 1.54) is 12.7 Å². The molecule has 2 aliphatic heterocycles. The summed E-state index contributed by atoms with van der Waals surface area (Å²) in [4.78, 5) is 23.8. The topological polar surface area (TPSA) is 113 Å². The first-order valence-electron chi connectivity index (χ1n) is 6.06. The highest BCUT2D eigenvalue weighted by Crippen LogP contribution is 2.25. The number of hydrogen-bond acceptors (Lipinski definition) is 5. The van der Waals surface area contributed by atoms with Crippen molar-refractivity contribution in [3.8, 4) is 11.5 Å². The van der Waals surface area contributed by atoms with Crippen molar-refractivity contribution in [2.75, 3.05) is 5.73 Å². The van der Waals surface area contributed by atoms with Gasteiger partial charge in [-0.15, -0.1) is 0 Å². The van der Waals surface area contributed by atoms with E-state index in [-0.39, 0.29) is 0 Å². The first-order chi connectivity index (χ1) is 10.1. The summed E-state index contributed by atoms with van der Waals surface area (Å²) in [6.45, 7) is 0.292. The number of hydrogen-bond donors (Lipinski definition) is 2. The second kappa shape index (κ2) is 5.02. The molecule has 0 aromatic heterocycles. The van der Waals surface area contributed by atoms with Gasteiger partial charge in [-0.2, -0.15) is 0 Å². The van der Waals surface area contributed by atoms with Crippen LogP contribution in [0.3, 0.4) is 0 Å². The van der Waals surface area contributed by atoms with Crippen molar-refractivity contribution in [2.45, 2.75) is 6.54 Å². The van der Waals surface area contributed by atoms with Crippen LogP contribution in [-0.4, -0.2) is 25.4 Å². The number of benzene rings is 1. The summed E-state index contributed by atoms with van der Waals surface area (Å²) < 4.78 is 1.71. The fourth-order valence-corrected chi connectivity index (χ4v) is 2.37. The predicted molar refractivity (Wildman–Crippen MR) is 77.9 cm³/mol. The van der Waals surface area contributed by atoms with Crippen LogP contribution in [-0.2, 0) is 6.54 Å².